The fraction of sp³-hybridized carbons (Fsp3) is 0.520. The highest BCUT2D eigenvalue weighted by Crippen LogP contribution is 2.38. The molecule has 3 aromatic rings. The number of imidazole rings is 1. The molecule has 0 atom stereocenters. The first-order chi connectivity index (χ1) is 14.0. The number of anilines is 1. The molecule has 5 rings (SSSR count). The van der Waals surface area contributed by atoms with Crippen LogP contribution in [0.3, 0.4) is 0 Å². The van der Waals surface area contributed by atoms with Crippen molar-refractivity contribution in [3.05, 3.63) is 46.8 Å². The summed E-state index contributed by atoms with van der Waals surface area (Å²) < 4.78 is 2.14. The van der Waals surface area contributed by atoms with Crippen molar-refractivity contribution < 1.29 is 0 Å². The fourth-order valence-electron chi connectivity index (χ4n) is 4.81. The minimum absolute atomic E-state index is 0.855. The molecule has 2 aromatic heterocycles. The maximum absolute atomic E-state index is 5.15. The Bertz CT molecular complexity index is 1020. The summed E-state index contributed by atoms with van der Waals surface area (Å²) in [5.41, 5.74) is 8.63. The van der Waals surface area contributed by atoms with Crippen LogP contribution in [0.25, 0.3) is 16.8 Å². The molecule has 0 aliphatic heterocycles. The number of benzene rings is 1. The van der Waals surface area contributed by atoms with Crippen molar-refractivity contribution in [2.24, 2.45) is 11.8 Å². The van der Waals surface area contributed by atoms with E-state index in [1.165, 1.54) is 65.0 Å². The number of hydrogen-bond donors (Lipinski definition) is 0. The van der Waals surface area contributed by atoms with Gasteiger partial charge < -0.3 is 4.90 Å². The van der Waals surface area contributed by atoms with Crippen molar-refractivity contribution in [2.75, 3.05) is 18.0 Å². The highest BCUT2D eigenvalue weighted by atomic mass is 15.4. The molecule has 0 unspecified atom stereocenters. The number of fused-ring (bicyclic) bond motifs is 1. The van der Waals surface area contributed by atoms with Gasteiger partial charge in [0.25, 0.3) is 0 Å². The smallest absolute Gasteiger partial charge is 0.164 e. The van der Waals surface area contributed by atoms with Crippen molar-refractivity contribution in [3.8, 4) is 11.1 Å². The molecule has 2 fully saturated rings. The first-order valence-corrected chi connectivity index (χ1v) is 11.2. The molecule has 0 spiro atoms. The van der Waals surface area contributed by atoms with Crippen LogP contribution in [0, 0.1) is 32.6 Å². The van der Waals surface area contributed by atoms with Gasteiger partial charge in [-0.3, -0.25) is 0 Å². The Morgan fingerprint density at radius 3 is 2.17 bits per heavy atom. The van der Waals surface area contributed by atoms with Gasteiger partial charge in [-0.2, -0.15) is 9.61 Å². The van der Waals surface area contributed by atoms with E-state index in [0.29, 0.717) is 0 Å². The van der Waals surface area contributed by atoms with E-state index in [-0.39, 0.29) is 0 Å². The summed E-state index contributed by atoms with van der Waals surface area (Å²) in [5, 5.41) is 4.80. The molecule has 0 saturated heterocycles. The predicted octanol–water partition coefficient (Wildman–Crippen LogP) is 5.51. The van der Waals surface area contributed by atoms with Crippen molar-refractivity contribution in [3.63, 3.8) is 0 Å². The number of rotatable bonds is 7. The predicted molar refractivity (Wildman–Crippen MR) is 120 cm³/mol. The summed E-state index contributed by atoms with van der Waals surface area (Å²) in [6, 6.07) is 6.69. The van der Waals surface area contributed by atoms with Gasteiger partial charge >= 0.3 is 0 Å². The Kier molecular flexibility index (Phi) is 4.60. The third-order valence-corrected chi connectivity index (χ3v) is 6.50. The maximum atomic E-state index is 5.15. The third-order valence-electron chi connectivity index (χ3n) is 6.50. The molecule has 152 valence electrons. The van der Waals surface area contributed by atoms with Gasteiger partial charge in [0.05, 0.1) is 5.69 Å². The Morgan fingerprint density at radius 1 is 1.00 bits per heavy atom. The zero-order chi connectivity index (χ0) is 20.1. The lowest BCUT2D eigenvalue weighted by Crippen LogP contribution is -2.30. The van der Waals surface area contributed by atoms with E-state index in [2.05, 4.69) is 55.3 Å². The molecular formula is C25H32N4. The van der Waals surface area contributed by atoms with E-state index >= 15 is 0 Å². The molecule has 0 amide bonds. The Labute approximate surface area is 174 Å². The topological polar surface area (TPSA) is 33.4 Å². The Morgan fingerprint density at radius 2 is 1.62 bits per heavy atom. The summed E-state index contributed by atoms with van der Waals surface area (Å²) in [6.07, 6.45) is 8.40. The molecule has 4 heteroatoms. The lowest BCUT2D eigenvalue weighted by molar-refractivity contribution is 0.658. The lowest BCUT2D eigenvalue weighted by atomic mass is 9.95. The van der Waals surface area contributed by atoms with Crippen molar-refractivity contribution in [1.82, 2.24) is 14.6 Å². The molecule has 2 saturated carbocycles. The SMILES string of the molecule is CCc1nc2c(-c3c(C)cc(C)cc3C)ccnn2c1N(CC1CC1)CC1CC1. The van der Waals surface area contributed by atoms with Gasteiger partial charge in [0.1, 0.15) is 0 Å². The van der Waals surface area contributed by atoms with Crippen LogP contribution in [0.2, 0.25) is 0 Å². The van der Waals surface area contributed by atoms with Crippen LogP contribution in [-0.2, 0) is 6.42 Å². The molecule has 29 heavy (non-hydrogen) atoms. The monoisotopic (exact) mass is 388 g/mol. The van der Waals surface area contributed by atoms with Gasteiger partial charge in [0.15, 0.2) is 11.5 Å². The molecule has 1 aromatic carbocycles. The fourth-order valence-corrected chi connectivity index (χ4v) is 4.81. The van der Waals surface area contributed by atoms with E-state index in [1.807, 2.05) is 6.20 Å². The third kappa shape index (κ3) is 3.54. The van der Waals surface area contributed by atoms with Crippen LogP contribution in [-0.4, -0.2) is 27.7 Å². The summed E-state index contributed by atoms with van der Waals surface area (Å²) in [7, 11) is 0. The first-order valence-electron chi connectivity index (χ1n) is 11.2. The summed E-state index contributed by atoms with van der Waals surface area (Å²) >= 11 is 0. The maximum Gasteiger partial charge on any atom is 0.164 e. The van der Waals surface area contributed by atoms with Gasteiger partial charge in [0.2, 0.25) is 0 Å². The Hall–Kier alpha value is -2.36. The normalized spacial score (nSPS) is 16.6. The molecular weight excluding hydrogens is 356 g/mol. The van der Waals surface area contributed by atoms with Crippen LogP contribution in [0.15, 0.2) is 24.4 Å². The van der Waals surface area contributed by atoms with Gasteiger partial charge in [0, 0.05) is 24.8 Å². The van der Waals surface area contributed by atoms with E-state index in [0.717, 1.165) is 37.0 Å². The van der Waals surface area contributed by atoms with Gasteiger partial charge in [-0.05, 0) is 87.5 Å². The number of hydrogen-bond acceptors (Lipinski definition) is 3. The standard InChI is InChI=1S/C25H32N4/c1-5-22-25(28(14-19-6-7-19)15-20-8-9-20)29-24(27-22)21(10-11-26-29)23-17(3)12-16(2)13-18(23)4/h10-13,19-20H,5-9,14-15H2,1-4H3. The van der Waals surface area contributed by atoms with Gasteiger partial charge in [-0.15, -0.1) is 0 Å². The molecule has 0 bridgehead atoms. The van der Waals surface area contributed by atoms with Crippen LogP contribution < -0.4 is 4.90 Å². The minimum Gasteiger partial charge on any atom is -0.354 e. The second-order valence-electron chi connectivity index (χ2n) is 9.28. The lowest BCUT2D eigenvalue weighted by Gasteiger charge is -2.25. The van der Waals surface area contributed by atoms with Crippen LogP contribution in [0.4, 0.5) is 5.82 Å². The Balaban J connectivity index is 1.67. The summed E-state index contributed by atoms with van der Waals surface area (Å²) in [5.74, 6) is 2.95. The largest absolute Gasteiger partial charge is 0.354 e. The average molecular weight is 389 g/mol. The van der Waals surface area contributed by atoms with Crippen molar-refractivity contribution in [2.45, 2.75) is 59.8 Å². The molecule has 0 radical (unpaired) electrons. The van der Waals surface area contributed by atoms with E-state index < -0.39 is 0 Å². The van der Waals surface area contributed by atoms with Crippen LogP contribution >= 0.6 is 0 Å². The second-order valence-corrected chi connectivity index (χ2v) is 9.28. The zero-order valence-electron chi connectivity index (χ0n) is 18.2. The summed E-state index contributed by atoms with van der Waals surface area (Å²) in [4.78, 5) is 7.76. The molecule has 2 heterocycles. The van der Waals surface area contributed by atoms with Crippen LogP contribution in [0.5, 0.6) is 0 Å². The first kappa shape index (κ1) is 18.7. The molecule has 0 N–H and O–H groups in total. The highest BCUT2D eigenvalue weighted by molar-refractivity contribution is 5.83. The van der Waals surface area contributed by atoms with Crippen molar-refractivity contribution in [1.29, 1.82) is 0 Å². The van der Waals surface area contributed by atoms with Crippen LogP contribution in [0.1, 0.15) is 55.0 Å². The quantitative estimate of drug-likeness (QED) is 0.535. The molecule has 2 aliphatic carbocycles. The average Bonchev–Trinajstić information content (AvgIpc) is 3.60. The van der Waals surface area contributed by atoms with Gasteiger partial charge in [-0.1, -0.05) is 24.6 Å². The zero-order valence-corrected chi connectivity index (χ0v) is 18.2. The number of aryl methyl sites for hydroxylation is 4. The minimum atomic E-state index is 0.855. The highest BCUT2D eigenvalue weighted by Gasteiger charge is 2.32. The number of aromatic nitrogens is 3. The summed E-state index contributed by atoms with van der Waals surface area (Å²) in [6.45, 7) is 11.1. The molecule has 4 nitrogen and oxygen atoms in total. The van der Waals surface area contributed by atoms with E-state index in [9.17, 15) is 0 Å². The van der Waals surface area contributed by atoms with E-state index in [1.54, 1.807) is 0 Å². The van der Waals surface area contributed by atoms with Crippen molar-refractivity contribution >= 4 is 11.5 Å². The van der Waals surface area contributed by atoms with E-state index in [4.69, 9.17) is 10.1 Å². The number of nitrogens with zero attached hydrogens (tertiary/aromatic N) is 4. The second kappa shape index (κ2) is 7.16. The molecule has 2 aliphatic rings. The van der Waals surface area contributed by atoms with Gasteiger partial charge in [-0.25, -0.2) is 4.98 Å².